The van der Waals surface area contributed by atoms with Gasteiger partial charge in [-0.2, -0.15) is 0 Å². The van der Waals surface area contributed by atoms with Gasteiger partial charge in [-0.3, -0.25) is 4.79 Å². The summed E-state index contributed by atoms with van der Waals surface area (Å²) in [5.41, 5.74) is 0.678. The highest BCUT2D eigenvalue weighted by molar-refractivity contribution is 7.89. The first-order valence-corrected chi connectivity index (χ1v) is 9.10. The molecule has 0 aliphatic carbocycles. The second kappa shape index (κ2) is 8.61. The van der Waals surface area contributed by atoms with E-state index in [0.29, 0.717) is 11.3 Å². The minimum absolute atomic E-state index is 0.0696. The lowest BCUT2D eigenvalue weighted by atomic mass is 10.2. The van der Waals surface area contributed by atoms with Crippen LogP contribution >= 0.6 is 0 Å². The lowest BCUT2D eigenvalue weighted by Gasteiger charge is -2.08. The summed E-state index contributed by atoms with van der Waals surface area (Å²) in [6.45, 7) is 1.61. The maximum atomic E-state index is 12.2. The number of furan rings is 1. The molecule has 0 bridgehead atoms. The summed E-state index contributed by atoms with van der Waals surface area (Å²) in [7, 11) is -3.64. The smallest absolute Gasteiger partial charge is 0.244 e. The van der Waals surface area contributed by atoms with Gasteiger partial charge in [0, 0.05) is 12.1 Å². The molecule has 0 radical (unpaired) electrons. The van der Waals surface area contributed by atoms with E-state index in [0.717, 1.165) is 0 Å². The molecule has 0 saturated carbocycles. The zero-order valence-electron chi connectivity index (χ0n) is 13.7. The number of aliphatic hydroxyl groups is 1. The monoisotopic (exact) mass is 364 g/mol. The van der Waals surface area contributed by atoms with Crippen LogP contribution in [0.2, 0.25) is 0 Å². The predicted molar refractivity (Wildman–Crippen MR) is 92.9 cm³/mol. The lowest BCUT2D eigenvalue weighted by molar-refractivity contribution is -0.117. The molecule has 1 heterocycles. The van der Waals surface area contributed by atoms with E-state index in [1.807, 2.05) is 0 Å². The van der Waals surface area contributed by atoms with Gasteiger partial charge in [0.05, 0.1) is 24.3 Å². The van der Waals surface area contributed by atoms with Crippen molar-refractivity contribution in [1.82, 2.24) is 10.0 Å². The van der Waals surface area contributed by atoms with Crippen LogP contribution in [0.5, 0.6) is 0 Å². The fourth-order valence-corrected chi connectivity index (χ4v) is 2.92. The van der Waals surface area contributed by atoms with E-state index in [1.54, 1.807) is 37.3 Å². The zero-order chi connectivity index (χ0) is 18.3. The molecule has 0 aliphatic rings. The fraction of sp³-hybridized carbons (Fsp3) is 0.235. The molecule has 8 heteroatoms. The van der Waals surface area contributed by atoms with E-state index in [1.165, 1.54) is 24.5 Å². The molecule has 3 N–H and O–H groups in total. The van der Waals surface area contributed by atoms with Gasteiger partial charge < -0.3 is 14.8 Å². The van der Waals surface area contributed by atoms with Crippen molar-refractivity contribution in [3.8, 4) is 0 Å². The molecule has 2 aromatic rings. The SMILES string of the molecule is CC(CO)NC(=O)/C=C/c1ccc(S(=O)(=O)NCc2ccco2)cc1. The number of nitrogens with one attached hydrogen (secondary N) is 2. The first-order chi connectivity index (χ1) is 11.9. The number of hydrogen-bond donors (Lipinski definition) is 3. The summed E-state index contributed by atoms with van der Waals surface area (Å²) >= 11 is 0. The van der Waals surface area contributed by atoms with E-state index >= 15 is 0 Å². The predicted octanol–water partition coefficient (Wildman–Crippen LogP) is 1.27. The highest BCUT2D eigenvalue weighted by atomic mass is 32.2. The molecule has 0 fully saturated rings. The minimum Gasteiger partial charge on any atom is -0.468 e. The molecule has 1 amide bonds. The Hall–Kier alpha value is -2.42. The number of amides is 1. The third kappa shape index (κ3) is 5.86. The summed E-state index contributed by atoms with van der Waals surface area (Å²) in [6, 6.07) is 9.14. The molecule has 1 unspecified atom stereocenters. The number of hydrogen-bond acceptors (Lipinski definition) is 5. The molecule has 0 aliphatic heterocycles. The molecular weight excluding hydrogens is 344 g/mol. The molecule has 25 heavy (non-hydrogen) atoms. The summed E-state index contributed by atoms with van der Waals surface area (Å²) in [5.74, 6) is 0.185. The maximum absolute atomic E-state index is 12.2. The molecule has 2 rings (SSSR count). The van der Waals surface area contributed by atoms with Crippen molar-refractivity contribution in [2.24, 2.45) is 0 Å². The van der Waals surface area contributed by atoms with Crippen molar-refractivity contribution in [1.29, 1.82) is 0 Å². The van der Waals surface area contributed by atoms with Gasteiger partial charge in [0.15, 0.2) is 0 Å². The van der Waals surface area contributed by atoms with E-state index in [-0.39, 0.29) is 30.0 Å². The number of carbonyl (C=O) groups excluding carboxylic acids is 1. The van der Waals surface area contributed by atoms with Gasteiger partial charge in [0.25, 0.3) is 0 Å². The normalized spacial score (nSPS) is 13.0. The van der Waals surface area contributed by atoms with E-state index < -0.39 is 10.0 Å². The first kappa shape index (κ1) is 18.9. The number of sulfonamides is 1. The van der Waals surface area contributed by atoms with Gasteiger partial charge in [-0.25, -0.2) is 13.1 Å². The first-order valence-electron chi connectivity index (χ1n) is 7.62. The highest BCUT2D eigenvalue weighted by Crippen LogP contribution is 2.12. The molecule has 1 aromatic carbocycles. The van der Waals surface area contributed by atoms with E-state index in [4.69, 9.17) is 9.52 Å². The van der Waals surface area contributed by atoms with Gasteiger partial charge in [-0.05, 0) is 42.8 Å². The maximum Gasteiger partial charge on any atom is 0.244 e. The Morgan fingerprint density at radius 3 is 2.60 bits per heavy atom. The molecular formula is C17H20N2O5S. The van der Waals surface area contributed by atoms with Crippen molar-refractivity contribution in [2.45, 2.75) is 24.4 Å². The van der Waals surface area contributed by atoms with Crippen LogP contribution in [0.3, 0.4) is 0 Å². The van der Waals surface area contributed by atoms with Gasteiger partial charge in [-0.15, -0.1) is 0 Å². The molecule has 134 valence electrons. The van der Waals surface area contributed by atoms with Crippen molar-refractivity contribution in [2.75, 3.05) is 6.61 Å². The van der Waals surface area contributed by atoms with Crippen LogP contribution in [0, 0.1) is 0 Å². The van der Waals surface area contributed by atoms with Crippen LogP contribution in [0.1, 0.15) is 18.2 Å². The quantitative estimate of drug-likeness (QED) is 0.611. The lowest BCUT2D eigenvalue weighted by Crippen LogP contribution is -2.33. The van der Waals surface area contributed by atoms with E-state index in [9.17, 15) is 13.2 Å². The third-order valence-corrected chi connectivity index (χ3v) is 4.71. The summed E-state index contributed by atoms with van der Waals surface area (Å²) in [4.78, 5) is 11.7. The Morgan fingerprint density at radius 1 is 1.28 bits per heavy atom. The summed E-state index contributed by atoms with van der Waals surface area (Å²) in [6.07, 6.45) is 4.36. The summed E-state index contributed by atoms with van der Waals surface area (Å²) < 4.78 is 31.9. The number of carbonyl (C=O) groups is 1. The van der Waals surface area contributed by atoms with Crippen molar-refractivity contribution in [3.63, 3.8) is 0 Å². The average Bonchev–Trinajstić information content (AvgIpc) is 3.12. The standard InChI is InChI=1S/C17H20N2O5S/c1-13(12-20)19-17(21)9-6-14-4-7-16(8-5-14)25(22,23)18-11-15-3-2-10-24-15/h2-10,13,18,20H,11-12H2,1H3,(H,19,21)/b9-6+. The van der Waals surface area contributed by atoms with Crippen molar-refractivity contribution < 1.29 is 22.7 Å². The topological polar surface area (TPSA) is 109 Å². The Bertz CT molecular complexity index is 811. The van der Waals surface area contributed by atoms with Gasteiger partial charge >= 0.3 is 0 Å². The van der Waals surface area contributed by atoms with E-state index in [2.05, 4.69) is 10.0 Å². The Kier molecular flexibility index (Phi) is 6.51. The molecule has 1 aromatic heterocycles. The second-order valence-corrected chi connectivity index (χ2v) is 7.17. The molecule has 0 saturated heterocycles. The van der Waals surface area contributed by atoms with Crippen LogP contribution in [-0.2, 0) is 21.4 Å². The van der Waals surface area contributed by atoms with Crippen LogP contribution in [-0.4, -0.2) is 32.1 Å². The minimum atomic E-state index is -3.64. The fourth-order valence-electron chi connectivity index (χ4n) is 1.93. The second-order valence-electron chi connectivity index (χ2n) is 5.40. The summed E-state index contributed by atoms with van der Waals surface area (Å²) in [5, 5.41) is 11.4. The molecule has 0 spiro atoms. The third-order valence-electron chi connectivity index (χ3n) is 3.30. The average molecular weight is 364 g/mol. The molecule has 1 atom stereocenters. The van der Waals surface area contributed by atoms with Crippen LogP contribution in [0.25, 0.3) is 6.08 Å². The highest BCUT2D eigenvalue weighted by Gasteiger charge is 2.14. The van der Waals surface area contributed by atoms with Crippen LogP contribution in [0.15, 0.2) is 58.1 Å². The van der Waals surface area contributed by atoms with Crippen molar-refractivity contribution in [3.05, 3.63) is 60.1 Å². The number of benzene rings is 1. The Balaban J connectivity index is 1.97. The van der Waals surface area contributed by atoms with Crippen LogP contribution < -0.4 is 10.0 Å². The zero-order valence-corrected chi connectivity index (χ0v) is 14.5. The van der Waals surface area contributed by atoms with Crippen molar-refractivity contribution >= 4 is 22.0 Å². The van der Waals surface area contributed by atoms with Crippen LogP contribution in [0.4, 0.5) is 0 Å². The Morgan fingerprint density at radius 2 is 2.00 bits per heavy atom. The van der Waals surface area contributed by atoms with Gasteiger partial charge in [0.1, 0.15) is 5.76 Å². The van der Waals surface area contributed by atoms with Gasteiger partial charge in [-0.1, -0.05) is 12.1 Å². The van der Waals surface area contributed by atoms with Gasteiger partial charge in [0.2, 0.25) is 15.9 Å². The Labute approximate surface area is 146 Å². The largest absolute Gasteiger partial charge is 0.468 e. The molecule has 7 nitrogen and oxygen atoms in total. The number of rotatable bonds is 8. The number of aliphatic hydroxyl groups excluding tert-OH is 1.